The number of carbonyl (C=O) groups excluding carboxylic acids is 2. The molecule has 1 aliphatic carbocycles. The summed E-state index contributed by atoms with van der Waals surface area (Å²) in [6, 6.07) is 4.69. The number of carbonyl (C=O) groups is 2. The molecule has 0 saturated heterocycles. The number of nitrogens with zero attached hydrogens (tertiary/aromatic N) is 4. The summed E-state index contributed by atoms with van der Waals surface area (Å²) < 4.78 is 6.86. The van der Waals surface area contributed by atoms with E-state index in [0.29, 0.717) is 23.7 Å². The molecule has 4 rings (SSSR count). The molecule has 1 aliphatic rings. The zero-order valence-corrected chi connectivity index (χ0v) is 20.0. The second kappa shape index (κ2) is 10.6. The van der Waals surface area contributed by atoms with Gasteiger partial charge in [0.25, 0.3) is 5.91 Å². The van der Waals surface area contributed by atoms with Crippen LogP contribution >= 0.6 is 0 Å². The Morgan fingerprint density at radius 3 is 2.53 bits per heavy atom. The summed E-state index contributed by atoms with van der Waals surface area (Å²) in [6.45, 7) is 6.22. The summed E-state index contributed by atoms with van der Waals surface area (Å²) in [4.78, 5) is 30.9. The first kappa shape index (κ1) is 23.7. The summed E-state index contributed by atoms with van der Waals surface area (Å²) in [5.74, 6) is 0.272. The lowest BCUT2D eigenvalue weighted by molar-refractivity contribution is -0.119. The molecule has 0 aliphatic heterocycles. The van der Waals surface area contributed by atoms with Crippen molar-refractivity contribution >= 4 is 17.5 Å². The lowest BCUT2D eigenvalue weighted by Gasteiger charge is -2.26. The Labute approximate surface area is 199 Å². The first-order valence-electron chi connectivity index (χ1n) is 12.0. The van der Waals surface area contributed by atoms with Crippen molar-refractivity contribution in [1.82, 2.24) is 25.2 Å². The van der Waals surface area contributed by atoms with Gasteiger partial charge in [0.15, 0.2) is 0 Å². The van der Waals surface area contributed by atoms with Crippen LogP contribution in [-0.2, 0) is 11.3 Å². The highest BCUT2D eigenvalue weighted by Crippen LogP contribution is 2.28. The van der Waals surface area contributed by atoms with E-state index in [1.165, 1.54) is 0 Å². The van der Waals surface area contributed by atoms with Gasteiger partial charge in [0, 0.05) is 12.7 Å². The van der Waals surface area contributed by atoms with E-state index < -0.39 is 6.04 Å². The standard InChI is InChI=1S/C25H32N6O3/c1-4-31-21(13-14-27-31)24(32)29-23(18-9-7-5-6-8-10-18)25(33)28-19-11-12-20(26-15-19)22-16(2)30-34-17(22)3/h11-15,18,23H,4-10H2,1-3H3,(H,28,33)(H,29,32)/t23-/m0/s1. The second-order valence-corrected chi connectivity index (χ2v) is 8.86. The predicted molar refractivity (Wildman–Crippen MR) is 128 cm³/mol. The van der Waals surface area contributed by atoms with Crippen LogP contribution in [-0.4, -0.2) is 37.8 Å². The molecule has 0 radical (unpaired) electrons. The van der Waals surface area contributed by atoms with Crippen LogP contribution in [0.2, 0.25) is 0 Å². The third-order valence-electron chi connectivity index (χ3n) is 6.51. The first-order chi connectivity index (χ1) is 16.5. The van der Waals surface area contributed by atoms with Gasteiger partial charge in [-0.2, -0.15) is 5.10 Å². The molecule has 3 aromatic heterocycles. The number of nitrogens with one attached hydrogen (secondary N) is 2. The van der Waals surface area contributed by atoms with Gasteiger partial charge in [0.05, 0.1) is 28.8 Å². The van der Waals surface area contributed by atoms with E-state index in [1.54, 1.807) is 23.1 Å². The van der Waals surface area contributed by atoms with E-state index in [4.69, 9.17) is 4.52 Å². The van der Waals surface area contributed by atoms with E-state index >= 15 is 0 Å². The lowest BCUT2D eigenvalue weighted by Crippen LogP contribution is -2.49. The maximum atomic E-state index is 13.4. The minimum atomic E-state index is -0.631. The number of hydrogen-bond acceptors (Lipinski definition) is 6. The highest BCUT2D eigenvalue weighted by atomic mass is 16.5. The van der Waals surface area contributed by atoms with Crippen molar-refractivity contribution in [3.8, 4) is 11.3 Å². The zero-order chi connectivity index (χ0) is 24.1. The number of rotatable bonds is 7. The SMILES string of the molecule is CCn1nccc1C(=O)N[C@H](C(=O)Nc1ccc(-c2c(C)noc2C)nc1)C1CCCCCC1. The molecule has 3 heterocycles. The number of anilines is 1. The first-order valence-corrected chi connectivity index (χ1v) is 12.0. The molecule has 180 valence electrons. The lowest BCUT2D eigenvalue weighted by atomic mass is 9.91. The third kappa shape index (κ3) is 5.18. The quantitative estimate of drug-likeness (QED) is 0.505. The highest BCUT2D eigenvalue weighted by molar-refractivity contribution is 6.00. The molecular formula is C25H32N6O3. The van der Waals surface area contributed by atoms with Crippen LogP contribution in [0.15, 0.2) is 35.1 Å². The minimum absolute atomic E-state index is 0.0824. The van der Waals surface area contributed by atoms with Crippen molar-refractivity contribution in [2.45, 2.75) is 71.9 Å². The van der Waals surface area contributed by atoms with Crippen LogP contribution in [0.25, 0.3) is 11.3 Å². The number of aryl methyl sites for hydroxylation is 3. The van der Waals surface area contributed by atoms with E-state index in [0.717, 1.165) is 55.5 Å². The van der Waals surface area contributed by atoms with Crippen LogP contribution in [0.4, 0.5) is 5.69 Å². The van der Waals surface area contributed by atoms with Gasteiger partial charge in [-0.15, -0.1) is 0 Å². The topological polar surface area (TPSA) is 115 Å². The Morgan fingerprint density at radius 1 is 1.15 bits per heavy atom. The third-order valence-corrected chi connectivity index (χ3v) is 6.51. The van der Waals surface area contributed by atoms with E-state index in [9.17, 15) is 9.59 Å². The average Bonchev–Trinajstić information content (AvgIpc) is 3.34. The summed E-state index contributed by atoms with van der Waals surface area (Å²) in [7, 11) is 0. The van der Waals surface area contributed by atoms with Gasteiger partial charge in [-0.25, -0.2) is 0 Å². The molecule has 1 fully saturated rings. The maximum Gasteiger partial charge on any atom is 0.270 e. The number of aromatic nitrogens is 4. The molecule has 34 heavy (non-hydrogen) atoms. The van der Waals surface area contributed by atoms with Crippen molar-refractivity contribution < 1.29 is 14.1 Å². The number of amides is 2. The van der Waals surface area contributed by atoms with Crippen molar-refractivity contribution in [3.63, 3.8) is 0 Å². The van der Waals surface area contributed by atoms with Gasteiger partial charge in [-0.3, -0.25) is 19.3 Å². The summed E-state index contributed by atoms with van der Waals surface area (Å²) in [5, 5.41) is 14.1. The maximum absolute atomic E-state index is 13.4. The summed E-state index contributed by atoms with van der Waals surface area (Å²) >= 11 is 0. The van der Waals surface area contributed by atoms with Gasteiger partial charge in [-0.05, 0) is 57.7 Å². The number of hydrogen-bond donors (Lipinski definition) is 2. The van der Waals surface area contributed by atoms with Crippen molar-refractivity contribution in [2.24, 2.45) is 5.92 Å². The largest absolute Gasteiger partial charge is 0.361 e. The molecule has 3 aromatic rings. The normalized spacial score (nSPS) is 15.5. The Bertz CT molecular complexity index is 1110. The van der Waals surface area contributed by atoms with Crippen molar-refractivity contribution in [2.75, 3.05) is 5.32 Å². The van der Waals surface area contributed by atoms with Crippen LogP contribution in [0.5, 0.6) is 0 Å². The summed E-state index contributed by atoms with van der Waals surface area (Å²) in [5.41, 5.74) is 3.39. The molecule has 2 amide bonds. The molecule has 0 aromatic carbocycles. The van der Waals surface area contributed by atoms with Gasteiger partial charge in [-0.1, -0.05) is 30.8 Å². The van der Waals surface area contributed by atoms with Gasteiger partial charge in [0.2, 0.25) is 5.91 Å². The van der Waals surface area contributed by atoms with Crippen LogP contribution < -0.4 is 10.6 Å². The Hall–Kier alpha value is -3.49. The van der Waals surface area contributed by atoms with Crippen LogP contribution in [0, 0.1) is 19.8 Å². The van der Waals surface area contributed by atoms with Crippen molar-refractivity contribution in [1.29, 1.82) is 0 Å². The molecule has 1 atom stereocenters. The average molecular weight is 465 g/mol. The van der Waals surface area contributed by atoms with Gasteiger partial charge in [0.1, 0.15) is 17.5 Å². The second-order valence-electron chi connectivity index (χ2n) is 8.86. The summed E-state index contributed by atoms with van der Waals surface area (Å²) in [6.07, 6.45) is 9.49. The van der Waals surface area contributed by atoms with E-state index in [2.05, 4.69) is 25.9 Å². The monoisotopic (exact) mass is 464 g/mol. The molecule has 1 saturated carbocycles. The Balaban J connectivity index is 1.52. The fourth-order valence-corrected chi connectivity index (χ4v) is 4.72. The van der Waals surface area contributed by atoms with Crippen LogP contribution in [0.1, 0.15) is 67.4 Å². The van der Waals surface area contributed by atoms with Crippen molar-refractivity contribution in [3.05, 3.63) is 47.7 Å². The number of pyridine rings is 1. The molecule has 9 nitrogen and oxygen atoms in total. The van der Waals surface area contributed by atoms with Gasteiger partial charge >= 0.3 is 0 Å². The minimum Gasteiger partial charge on any atom is -0.361 e. The fourth-order valence-electron chi connectivity index (χ4n) is 4.72. The van der Waals surface area contributed by atoms with Crippen LogP contribution in [0.3, 0.4) is 0 Å². The molecule has 2 N–H and O–H groups in total. The smallest absolute Gasteiger partial charge is 0.270 e. The predicted octanol–water partition coefficient (Wildman–Crippen LogP) is 4.28. The fraction of sp³-hybridized carbons (Fsp3) is 0.480. The molecule has 0 bridgehead atoms. The van der Waals surface area contributed by atoms with E-state index in [1.807, 2.05) is 32.9 Å². The molecule has 0 unspecified atom stereocenters. The Kier molecular flexibility index (Phi) is 7.40. The molecule has 9 heteroatoms. The molecular weight excluding hydrogens is 432 g/mol. The van der Waals surface area contributed by atoms with E-state index in [-0.39, 0.29) is 17.7 Å². The Morgan fingerprint density at radius 2 is 1.91 bits per heavy atom. The zero-order valence-electron chi connectivity index (χ0n) is 20.0. The molecule has 0 spiro atoms. The highest BCUT2D eigenvalue weighted by Gasteiger charge is 2.31. The van der Waals surface area contributed by atoms with Gasteiger partial charge < -0.3 is 15.2 Å².